The third-order valence-electron chi connectivity index (χ3n) is 3.46. The lowest BCUT2D eigenvalue weighted by atomic mass is 10.2. The van der Waals surface area contributed by atoms with Crippen molar-refractivity contribution in [1.82, 2.24) is 15.3 Å². The minimum Gasteiger partial charge on any atom is -0.351 e. The summed E-state index contributed by atoms with van der Waals surface area (Å²) in [6, 6.07) is 10.9. The topological polar surface area (TPSA) is 86.9 Å². The van der Waals surface area contributed by atoms with Crippen LogP contribution in [0.5, 0.6) is 0 Å². The van der Waals surface area contributed by atoms with Gasteiger partial charge in [0, 0.05) is 13.0 Å². The molecule has 3 N–H and O–H groups in total. The Kier molecular flexibility index (Phi) is 4.95. The first-order chi connectivity index (χ1) is 12.0. The van der Waals surface area contributed by atoms with E-state index in [1.807, 2.05) is 24.3 Å². The van der Waals surface area contributed by atoms with Crippen molar-refractivity contribution < 1.29 is 14.0 Å². The molecule has 0 atom stereocenters. The molecule has 0 radical (unpaired) electrons. The highest BCUT2D eigenvalue weighted by molar-refractivity contribution is 6.33. The molecule has 0 saturated heterocycles. The van der Waals surface area contributed by atoms with Crippen molar-refractivity contribution in [3.8, 4) is 0 Å². The predicted octanol–water partition coefficient (Wildman–Crippen LogP) is 3.11. The molecular formula is C17H14ClFN4O2. The maximum absolute atomic E-state index is 13.0. The first-order valence-corrected chi connectivity index (χ1v) is 7.88. The zero-order valence-corrected chi connectivity index (χ0v) is 13.7. The smallest absolute Gasteiger partial charge is 0.252 e. The number of hydrogen-bond donors (Lipinski definition) is 3. The molecule has 1 aromatic heterocycles. The van der Waals surface area contributed by atoms with Crippen LogP contribution < -0.4 is 10.6 Å². The number of imidazole rings is 1. The van der Waals surface area contributed by atoms with E-state index in [9.17, 15) is 14.0 Å². The van der Waals surface area contributed by atoms with Crippen molar-refractivity contribution >= 4 is 40.4 Å². The Hall–Kier alpha value is -2.93. The molecule has 0 saturated carbocycles. The molecule has 0 bridgehead atoms. The molecule has 0 unspecified atom stereocenters. The molecule has 3 rings (SSSR count). The first kappa shape index (κ1) is 16.9. The van der Waals surface area contributed by atoms with Gasteiger partial charge in [0.25, 0.3) is 5.91 Å². The molecular weight excluding hydrogens is 347 g/mol. The Morgan fingerprint density at radius 3 is 2.76 bits per heavy atom. The summed E-state index contributed by atoms with van der Waals surface area (Å²) in [6.45, 7) is 0.110. The molecule has 0 fully saturated rings. The average molecular weight is 361 g/mol. The number of amides is 2. The van der Waals surface area contributed by atoms with Crippen molar-refractivity contribution in [1.29, 1.82) is 0 Å². The number of H-pyrrole nitrogens is 1. The molecule has 25 heavy (non-hydrogen) atoms. The highest BCUT2D eigenvalue weighted by Gasteiger charge is 2.12. The molecule has 3 aromatic rings. The normalized spacial score (nSPS) is 10.6. The van der Waals surface area contributed by atoms with Crippen LogP contribution in [0.15, 0.2) is 42.5 Å². The summed E-state index contributed by atoms with van der Waals surface area (Å²) in [7, 11) is 0. The van der Waals surface area contributed by atoms with Gasteiger partial charge in [0.1, 0.15) is 5.82 Å². The highest BCUT2D eigenvalue weighted by atomic mass is 35.5. The summed E-state index contributed by atoms with van der Waals surface area (Å²) in [4.78, 5) is 31.1. The van der Waals surface area contributed by atoms with Crippen LogP contribution in [0.25, 0.3) is 11.0 Å². The van der Waals surface area contributed by atoms with E-state index in [4.69, 9.17) is 11.6 Å². The number of para-hydroxylation sites is 2. The van der Waals surface area contributed by atoms with Crippen LogP contribution in [-0.4, -0.2) is 28.3 Å². The molecule has 6 nitrogen and oxygen atoms in total. The van der Waals surface area contributed by atoms with Gasteiger partial charge in [0.2, 0.25) is 11.9 Å². The average Bonchev–Trinajstić information content (AvgIpc) is 2.96. The molecule has 0 aliphatic rings. The standard InChI is InChI=1S/C17H14ClFN4O2/c18-12-9-10(19)5-6-11(12)16(25)20-8-7-15(24)23-17-21-13-3-1-2-4-14(13)22-17/h1-6,9H,7-8H2,(H,20,25)(H2,21,22,23,24). The molecule has 0 aliphatic carbocycles. The van der Waals surface area contributed by atoms with Gasteiger partial charge in [0.05, 0.1) is 21.6 Å². The van der Waals surface area contributed by atoms with E-state index in [2.05, 4.69) is 20.6 Å². The predicted molar refractivity (Wildman–Crippen MR) is 93.1 cm³/mol. The quantitative estimate of drug-likeness (QED) is 0.653. The third kappa shape index (κ3) is 4.13. The number of halogens is 2. The summed E-state index contributed by atoms with van der Waals surface area (Å²) >= 11 is 5.82. The van der Waals surface area contributed by atoms with E-state index < -0.39 is 11.7 Å². The fourth-order valence-corrected chi connectivity index (χ4v) is 2.52. The van der Waals surface area contributed by atoms with Gasteiger partial charge in [-0.1, -0.05) is 23.7 Å². The first-order valence-electron chi connectivity index (χ1n) is 7.51. The van der Waals surface area contributed by atoms with Gasteiger partial charge in [-0.3, -0.25) is 14.9 Å². The Balaban J connectivity index is 1.51. The van der Waals surface area contributed by atoms with Crippen molar-refractivity contribution in [2.75, 3.05) is 11.9 Å². The Bertz CT molecular complexity index is 908. The van der Waals surface area contributed by atoms with Gasteiger partial charge in [-0.2, -0.15) is 0 Å². The van der Waals surface area contributed by atoms with Crippen LogP contribution in [0.4, 0.5) is 10.3 Å². The monoisotopic (exact) mass is 360 g/mol. The second-order valence-electron chi connectivity index (χ2n) is 5.28. The van der Waals surface area contributed by atoms with Crippen LogP contribution in [0.1, 0.15) is 16.8 Å². The molecule has 0 spiro atoms. The van der Waals surface area contributed by atoms with E-state index in [0.29, 0.717) is 5.95 Å². The molecule has 0 aliphatic heterocycles. The van der Waals surface area contributed by atoms with Gasteiger partial charge >= 0.3 is 0 Å². The zero-order valence-electron chi connectivity index (χ0n) is 13.0. The van der Waals surface area contributed by atoms with Gasteiger partial charge < -0.3 is 10.3 Å². The summed E-state index contributed by atoms with van der Waals surface area (Å²) < 4.78 is 13.0. The van der Waals surface area contributed by atoms with Crippen molar-refractivity contribution in [2.24, 2.45) is 0 Å². The number of nitrogens with one attached hydrogen (secondary N) is 3. The number of aromatic nitrogens is 2. The fraction of sp³-hybridized carbons (Fsp3) is 0.118. The SMILES string of the molecule is O=C(CCNC(=O)c1ccc(F)cc1Cl)Nc1nc2ccccc2[nH]1. The number of rotatable bonds is 5. The third-order valence-corrected chi connectivity index (χ3v) is 3.77. The number of carbonyl (C=O) groups excluding carboxylic acids is 2. The molecule has 8 heteroatoms. The zero-order chi connectivity index (χ0) is 17.8. The largest absolute Gasteiger partial charge is 0.351 e. The molecule has 2 aromatic carbocycles. The minimum atomic E-state index is -0.522. The Morgan fingerprint density at radius 2 is 2.00 bits per heavy atom. The van der Waals surface area contributed by atoms with E-state index in [-0.39, 0.29) is 29.5 Å². The lowest BCUT2D eigenvalue weighted by Gasteiger charge is -2.06. The van der Waals surface area contributed by atoms with E-state index >= 15 is 0 Å². The highest BCUT2D eigenvalue weighted by Crippen LogP contribution is 2.17. The molecule has 1 heterocycles. The van der Waals surface area contributed by atoms with Crippen LogP contribution in [0.2, 0.25) is 5.02 Å². The fourth-order valence-electron chi connectivity index (χ4n) is 2.26. The van der Waals surface area contributed by atoms with Crippen LogP contribution in [-0.2, 0) is 4.79 Å². The van der Waals surface area contributed by atoms with E-state index in [1.54, 1.807) is 0 Å². The number of carbonyl (C=O) groups is 2. The van der Waals surface area contributed by atoms with Gasteiger partial charge in [0.15, 0.2) is 0 Å². The number of aromatic amines is 1. The molecule has 128 valence electrons. The number of hydrogen-bond acceptors (Lipinski definition) is 3. The number of benzene rings is 2. The molecule has 2 amide bonds. The number of anilines is 1. The number of fused-ring (bicyclic) bond motifs is 1. The van der Waals surface area contributed by atoms with E-state index in [1.165, 1.54) is 6.07 Å². The van der Waals surface area contributed by atoms with Crippen molar-refractivity contribution in [3.05, 3.63) is 58.9 Å². The lowest BCUT2D eigenvalue weighted by molar-refractivity contribution is -0.116. The summed E-state index contributed by atoms with van der Waals surface area (Å²) in [5, 5.41) is 5.21. The van der Waals surface area contributed by atoms with Crippen molar-refractivity contribution in [2.45, 2.75) is 6.42 Å². The van der Waals surface area contributed by atoms with Crippen LogP contribution in [0, 0.1) is 5.82 Å². The number of nitrogens with zero attached hydrogens (tertiary/aromatic N) is 1. The van der Waals surface area contributed by atoms with Gasteiger partial charge in [-0.15, -0.1) is 0 Å². The van der Waals surface area contributed by atoms with Gasteiger partial charge in [-0.25, -0.2) is 9.37 Å². The van der Waals surface area contributed by atoms with Crippen LogP contribution in [0.3, 0.4) is 0 Å². The maximum Gasteiger partial charge on any atom is 0.252 e. The van der Waals surface area contributed by atoms with Crippen molar-refractivity contribution in [3.63, 3.8) is 0 Å². The Morgan fingerprint density at radius 1 is 1.20 bits per heavy atom. The minimum absolute atomic E-state index is 0.0178. The lowest BCUT2D eigenvalue weighted by Crippen LogP contribution is -2.28. The maximum atomic E-state index is 13.0. The summed E-state index contributed by atoms with van der Waals surface area (Å²) in [5.74, 6) is -0.947. The van der Waals surface area contributed by atoms with Crippen LogP contribution >= 0.6 is 11.6 Å². The second kappa shape index (κ2) is 7.31. The van der Waals surface area contributed by atoms with Gasteiger partial charge in [-0.05, 0) is 30.3 Å². The Labute approximate surface area is 147 Å². The summed E-state index contributed by atoms with van der Waals surface area (Å²) in [5.41, 5.74) is 1.72. The van der Waals surface area contributed by atoms with E-state index in [0.717, 1.165) is 23.2 Å². The second-order valence-corrected chi connectivity index (χ2v) is 5.69. The summed E-state index contributed by atoms with van der Waals surface area (Å²) in [6.07, 6.45) is 0.0571.